The van der Waals surface area contributed by atoms with Gasteiger partial charge in [0.2, 0.25) is 0 Å². The zero-order valence-corrected chi connectivity index (χ0v) is 16.1. The molecule has 29 heavy (non-hydrogen) atoms. The molecule has 1 amide bonds. The number of non-ortho nitro benzene ring substituents is 1. The Morgan fingerprint density at radius 3 is 2.59 bits per heavy atom. The molecule has 2 aromatic carbocycles. The molecule has 0 bridgehead atoms. The Labute approximate surface area is 169 Å². The summed E-state index contributed by atoms with van der Waals surface area (Å²) in [5.74, 6) is 0.675. The summed E-state index contributed by atoms with van der Waals surface area (Å²) in [6.45, 7) is 1.64. The molecule has 6 heteroatoms. The molecule has 0 unspecified atom stereocenters. The Bertz CT molecular complexity index is 993. The number of rotatable bonds is 3. The number of fused-ring (bicyclic) bond motifs is 3. The lowest BCUT2D eigenvalue weighted by Crippen LogP contribution is -2.33. The van der Waals surface area contributed by atoms with E-state index in [9.17, 15) is 14.9 Å². The largest absolute Gasteiger partial charge is 0.377 e. The highest BCUT2D eigenvalue weighted by Gasteiger charge is 2.39. The molecule has 0 radical (unpaired) electrons. The van der Waals surface area contributed by atoms with Crippen LogP contribution >= 0.6 is 0 Å². The first-order valence-electron chi connectivity index (χ1n) is 10.2. The van der Waals surface area contributed by atoms with Gasteiger partial charge in [-0.3, -0.25) is 14.9 Å². The van der Waals surface area contributed by atoms with E-state index in [4.69, 9.17) is 0 Å². The van der Waals surface area contributed by atoms with E-state index in [1.165, 1.54) is 5.56 Å². The molecule has 1 aliphatic carbocycles. The normalized spacial score (nSPS) is 24.7. The maximum absolute atomic E-state index is 13.2. The quantitative estimate of drug-likeness (QED) is 0.471. The van der Waals surface area contributed by atoms with Gasteiger partial charge in [0.05, 0.1) is 22.2 Å². The molecule has 2 aromatic rings. The molecule has 0 saturated carbocycles. The number of carbonyl (C=O) groups is 1. The molecule has 0 spiro atoms. The molecule has 6 nitrogen and oxygen atoms in total. The van der Waals surface area contributed by atoms with E-state index < -0.39 is 0 Å². The zero-order valence-electron chi connectivity index (χ0n) is 16.1. The van der Waals surface area contributed by atoms with Crippen LogP contribution in [0, 0.1) is 16.0 Å². The van der Waals surface area contributed by atoms with Gasteiger partial charge in [-0.05, 0) is 42.4 Å². The molecule has 0 aromatic heterocycles. The molecule has 3 atom stereocenters. The Morgan fingerprint density at radius 2 is 1.86 bits per heavy atom. The van der Waals surface area contributed by atoms with Gasteiger partial charge in [-0.15, -0.1) is 0 Å². The van der Waals surface area contributed by atoms with Crippen molar-refractivity contribution in [1.29, 1.82) is 0 Å². The van der Waals surface area contributed by atoms with E-state index >= 15 is 0 Å². The van der Waals surface area contributed by atoms with Gasteiger partial charge in [0, 0.05) is 31.1 Å². The van der Waals surface area contributed by atoms with Gasteiger partial charge >= 0.3 is 0 Å². The first-order valence-corrected chi connectivity index (χ1v) is 10.2. The number of carbonyl (C=O) groups excluding carboxylic acids is 1. The van der Waals surface area contributed by atoms with Crippen molar-refractivity contribution in [2.75, 3.05) is 18.4 Å². The lowest BCUT2D eigenvalue weighted by atomic mass is 9.76. The number of nitrogens with zero attached hydrogens (tertiary/aromatic N) is 2. The van der Waals surface area contributed by atoms with E-state index in [2.05, 4.69) is 23.5 Å². The SMILES string of the molecule is O=C(c1cccc2c1N[C@H](c1ccc([N+](=O)[O-])cc1)[C@H]1CC=C[C@@H]21)N1CCCC1. The number of likely N-dealkylation sites (tertiary alicyclic amines) is 1. The molecule has 1 N–H and O–H groups in total. The number of nitro benzene ring substituents is 1. The van der Waals surface area contributed by atoms with Gasteiger partial charge in [-0.2, -0.15) is 0 Å². The highest BCUT2D eigenvalue weighted by Crippen LogP contribution is 2.50. The van der Waals surface area contributed by atoms with Gasteiger partial charge < -0.3 is 10.2 Å². The minimum absolute atomic E-state index is 0.0100. The van der Waals surface area contributed by atoms with E-state index in [-0.39, 0.29) is 28.5 Å². The average Bonchev–Trinajstić information content (AvgIpc) is 3.44. The van der Waals surface area contributed by atoms with Gasteiger partial charge in [-0.1, -0.05) is 36.4 Å². The van der Waals surface area contributed by atoms with E-state index in [0.717, 1.165) is 49.2 Å². The fourth-order valence-electron chi connectivity index (χ4n) is 5.02. The summed E-state index contributed by atoms with van der Waals surface area (Å²) in [5, 5.41) is 14.7. The number of hydrogen-bond donors (Lipinski definition) is 1. The molecular weight excluding hydrogens is 366 g/mol. The molecule has 1 saturated heterocycles. The van der Waals surface area contributed by atoms with Crippen LogP contribution < -0.4 is 5.32 Å². The van der Waals surface area contributed by atoms with Crippen molar-refractivity contribution in [1.82, 2.24) is 4.90 Å². The predicted octanol–water partition coefficient (Wildman–Crippen LogP) is 4.66. The molecule has 2 aliphatic heterocycles. The van der Waals surface area contributed by atoms with Crippen molar-refractivity contribution in [2.24, 2.45) is 5.92 Å². The summed E-state index contributed by atoms with van der Waals surface area (Å²) in [6, 6.07) is 12.8. The van der Waals surface area contributed by atoms with Crippen LogP contribution in [0.4, 0.5) is 11.4 Å². The van der Waals surface area contributed by atoms with Crippen LogP contribution in [0.3, 0.4) is 0 Å². The van der Waals surface area contributed by atoms with Crippen molar-refractivity contribution in [3.8, 4) is 0 Å². The van der Waals surface area contributed by atoms with Crippen molar-refractivity contribution in [3.63, 3.8) is 0 Å². The zero-order chi connectivity index (χ0) is 20.0. The highest BCUT2D eigenvalue weighted by molar-refractivity contribution is 6.01. The second-order valence-corrected chi connectivity index (χ2v) is 8.09. The average molecular weight is 389 g/mol. The second-order valence-electron chi connectivity index (χ2n) is 8.09. The predicted molar refractivity (Wildman–Crippen MR) is 111 cm³/mol. The number of allylic oxidation sites excluding steroid dienone is 2. The molecule has 1 fully saturated rings. The van der Waals surface area contributed by atoms with Crippen LogP contribution in [0.25, 0.3) is 0 Å². The summed E-state index contributed by atoms with van der Waals surface area (Å²) >= 11 is 0. The third kappa shape index (κ3) is 2.99. The lowest BCUT2D eigenvalue weighted by molar-refractivity contribution is -0.384. The van der Waals surface area contributed by atoms with Gasteiger partial charge in [0.15, 0.2) is 0 Å². The Kier molecular flexibility index (Phi) is 4.34. The number of hydrogen-bond acceptors (Lipinski definition) is 4. The van der Waals surface area contributed by atoms with Crippen LogP contribution in [-0.2, 0) is 0 Å². The maximum Gasteiger partial charge on any atom is 0.269 e. The van der Waals surface area contributed by atoms with Crippen molar-refractivity contribution in [3.05, 3.63) is 81.4 Å². The maximum atomic E-state index is 13.2. The first-order chi connectivity index (χ1) is 14.1. The van der Waals surface area contributed by atoms with E-state index in [0.29, 0.717) is 5.92 Å². The minimum Gasteiger partial charge on any atom is -0.377 e. The van der Waals surface area contributed by atoms with Crippen LogP contribution in [0.15, 0.2) is 54.6 Å². The van der Waals surface area contributed by atoms with Crippen molar-refractivity contribution >= 4 is 17.3 Å². The lowest BCUT2D eigenvalue weighted by Gasteiger charge is -2.38. The number of amides is 1. The third-order valence-electron chi connectivity index (χ3n) is 6.48. The first kappa shape index (κ1) is 17.9. The molecule has 3 aliphatic rings. The Balaban J connectivity index is 1.54. The third-order valence-corrected chi connectivity index (χ3v) is 6.48. The van der Waals surface area contributed by atoms with Gasteiger partial charge in [0.25, 0.3) is 11.6 Å². The number of nitro groups is 1. The summed E-state index contributed by atoms with van der Waals surface area (Å²) < 4.78 is 0. The topological polar surface area (TPSA) is 75.5 Å². The fraction of sp³-hybridized carbons (Fsp3) is 0.348. The molecule has 5 rings (SSSR count). The molecular formula is C23H23N3O3. The second kappa shape index (κ2) is 7.03. The minimum atomic E-state index is -0.375. The molecule has 2 heterocycles. The van der Waals surface area contributed by atoms with Crippen molar-refractivity contribution < 1.29 is 9.72 Å². The van der Waals surface area contributed by atoms with Crippen LogP contribution in [-0.4, -0.2) is 28.8 Å². The smallest absolute Gasteiger partial charge is 0.269 e. The van der Waals surface area contributed by atoms with Crippen LogP contribution in [0.5, 0.6) is 0 Å². The van der Waals surface area contributed by atoms with Crippen molar-refractivity contribution in [2.45, 2.75) is 31.2 Å². The fourth-order valence-corrected chi connectivity index (χ4v) is 5.02. The van der Waals surface area contributed by atoms with Crippen LogP contribution in [0.1, 0.15) is 52.7 Å². The summed E-state index contributed by atoms with van der Waals surface area (Å²) in [4.78, 5) is 25.7. The standard InChI is InChI=1S/C23H23N3O3/c27-23(25-13-1-2-14-25)20-8-4-7-19-17-5-3-6-18(17)21(24-22(19)20)15-9-11-16(12-10-15)26(28)29/h3-5,7-12,17-18,21,24H,1-2,6,13-14H2/t17-,18+,21-/m1/s1. The monoisotopic (exact) mass is 389 g/mol. The van der Waals surface area contributed by atoms with Gasteiger partial charge in [-0.25, -0.2) is 0 Å². The number of anilines is 1. The number of para-hydroxylation sites is 1. The highest BCUT2D eigenvalue weighted by atomic mass is 16.6. The summed E-state index contributed by atoms with van der Waals surface area (Å²) in [7, 11) is 0. The Morgan fingerprint density at radius 1 is 1.10 bits per heavy atom. The number of nitrogens with one attached hydrogen (secondary N) is 1. The van der Waals surface area contributed by atoms with Crippen LogP contribution in [0.2, 0.25) is 0 Å². The summed E-state index contributed by atoms with van der Waals surface area (Å²) in [6.07, 6.45) is 7.52. The van der Waals surface area contributed by atoms with E-state index in [1.54, 1.807) is 12.1 Å². The molecule has 148 valence electrons. The Hall–Kier alpha value is -3.15. The summed E-state index contributed by atoms with van der Waals surface area (Å²) in [5.41, 5.74) is 3.93. The van der Waals surface area contributed by atoms with Gasteiger partial charge in [0.1, 0.15) is 0 Å². The number of benzene rings is 2. The van der Waals surface area contributed by atoms with E-state index in [1.807, 2.05) is 29.2 Å².